The lowest BCUT2D eigenvalue weighted by atomic mass is 9.89. The third kappa shape index (κ3) is 3.82. The lowest BCUT2D eigenvalue weighted by Crippen LogP contribution is -2.10. The Labute approximate surface area is 142 Å². The molecule has 2 rings (SSSR count). The molecule has 0 unspecified atom stereocenters. The Balaban J connectivity index is 2.69. The van der Waals surface area contributed by atoms with Crippen molar-refractivity contribution in [3.8, 4) is 11.1 Å². The number of carboxylic acids is 1. The van der Waals surface area contributed by atoms with Crippen molar-refractivity contribution >= 4 is 11.9 Å². The normalized spacial score (nSPS) is 10.4. The van der Waals surface area contributed by atoms with Crippen LogP contribution in [0.25, 0.3) is 11.1 Å². The van der Waals surface area contributed by atoms with Crippen LogP contribution in [-0.4, -0.2) is 23.7 Å². The Bertz CT molecular complexity index is 734. The van der Waals surface area contributed by atoms with Crippen LogP contribution in [0.3, 0.4) is 0 Å². The largest absolute Gasteiger partial charge is 0.478 e. The molecule has 2 aromatic carbocycles. The van der Waals surface area contributed by atoms with Crippen molar-refractivity contribution in [3.05, 3.63) is 59.2 Å². The second kappa shape index (κ2) is 8.29. The first-order valence-electron chi connectivity index (χ1n) is 8.21. The van der Waals surface area contributed by atoms with Crippen LogP contribution in [0.15, 0.2) is 42.5 Å². The summed E-state index contributed by atoms with van der Waals surface area (Å²) in [5.74, 6) is -1.43. The molecule has 0 atom stereocenters. The van der Waals surface area contributed by atoms with Crippen molar-refractivity contribution in [2.45, 2.75) is 33.1 Å². The van der Waals surface area contributed by atoms with E-state index in [2.05, 4.69) is 6.92 Å². The Hall–Kier alpha value is -2.62. The fraction of sp³-hybridized carbons (Fsp3) is 0.300. The average molecular weight is 326 g/mol. The van der Waals surface area contributed by atoms with Crippen molar-refractivity contribution < 1.29 is 19.4 Å². The number of aromatic carboxylic acids is 1. The summed E-state index contributed by atoms with van der Waals surface area (Å²) in [5.41, 5.74) is 2.80. The smallest absolute Gasteiger partial charge is 0.338 e. The van der Waals surface area contributed by atoms with Crippen LogP contribution in [0.4, 0.5) is 0 Å². The second-order valence-electron chi connectivity index (χ2n) is 5.51. The molecule has 0 spiro atoms. The molecule has 4 nitrogen and oxygen atoms in total. The molecule has 0 heterocycles. The standard InChI is InChI=1S/C20H22O4/c1-3-5-9-14-10-8-13-17(20(23)24-4-2)18(14)15-11-6-7-12-16(15)19(21)22/h6-8,10-13H,3-5,9H2,1-2H3,(H,21,22). The minimum absolute atomic E-state index is 0.187. The van der Waals surface area contributed by atoms with Gasteiger partial charge in [-0.25, -0.2) is 9.59 Å². The molecule has 1 N–H and O–H groups in total. The summed E-state index contributed by atoms with van der Waals surface area (Å²) in [5, 5.41) is 9.51. The van der Waals surface area contributed by atoms with Crippen LogP contribution in [0, 0.1) is 0 Å². The molecule has 0 aliphatic heterocycles. The average Bonchev–Trinajstić information content (AvgIpc) is 2.59. The van der Waals surface area contributed by atoms with Gasteiger partial charge in [-0.3, -0.25) is 0 Å². The van der Waals surface area contributed by atoms with Gasteiger partial charge in [0.1, 0.15) is 0 Å². The summed E-state index contributed by atoms with van der Waals surface area (Å²) < 4.78 is 5.16. The highest BCUT2D eigenvalue weighted by Crippen LogP contribution is 2.32. The van der Waals surface area contributed by atoms with E-state index < -0.39 is 11.9 Å². The maximum absolute atomic E-state index is 12.4. The Morgan fingerprint density at radius 1 is 1.00 bits per heavy atom. The van der Waals surface area contributed by atoms with E-state index in [-0.39, 0.29) is 12.2 Å². The number of esters is 1. The van der Waals surface area contributed by atoms with Crippen LogP contribution < -0.4 is 0 Å². The summed E-state index contributed by atoms with van der Waals surface area (Å²) in [6.07, 6.45) is 2.77. The Morgan fingerprint density at radius 3 is 2.38 bits per heavy atom. The monoisotopic (exact) mass is 326 g/mol. The van der Waals surface area contributed by atoms with Crippen molar-refractivity contribution in [2.75, 3.05) is 6.61 Å². The van der Waals surface area contributed by atoms with E-state index in [1.54, 1.807) is 37.3 Å². The van der Waals surface area contributed by atoms with Crippen LogP contribution >= 0.6 is 0 Å². The number of hydrogen-bond acceptors (Lipinski definition) is 3. The van der Waals surface area contributed by atoms with Gasteiger partial charge >= 0.3 is 11.9 Å². The third-order valence-corrected chi connectivity index (χ3v) is 3.87. The maximum atomic E-state index is 12.4. The minimum atomic E-state index is -1.01. The first-order chi connectivity index (χ1) is 11.6. The lowest BCUT2D eigenvalue weighted by molar-refractivity contribution is 0.0526. The summed E-state index contributed by atoms with van der Waals surface area (Å²) in [7, 11) is 0. The predicted molar refractivity (Wildman–Crippen MR) is 93.4 cm³/mol. The van der Waals surface area contributed by atoms with Gasteiger partial charge in [0.25, 0.3) is 0 Å². The first kappa shape index (κ1) is 17.7. The van der Waals surface area contributed by atoms with E-state index in [4.69, 9.17) is 4.74 Å². The number of carboxylic acid groups (broad SMARTS) is 1. The molecule has 0 saturated heterocycles. The zero-order valence-corrected chi connectivity index (χ0v) is 14.0. The number of unbranched alkanes of at least 4 members (excludes halogenated alkanes) is 1. The van der Waals surface area contributed by atoms with E-state index in [0.717, 1.165) is 24.8 Å². The third-order valence-electron chi connectivity index (χ3n) is 3.87. The van der Waals surface area contributed by atoms with Crippen LogP contribution in [0.1, 0.15) is 53.0 Å². The van der Waals surface area contributed by atoms with Gasteiger partial charge in [0.05, 0.1) is 17.7 Å². The maximum Gasteiger partial charge on any atom is 0.338 e. The van der Waals surface area contributed by atoms with Gasteiger partial charge in [0.15, 0.2) is 0 Å². The van der Waals surface area contributed by atoms with Gasteiger partial charge < -0.3 is 9.84 Å². The van der Waals surface area contributed by atoms with E-state index in [0.29, 0.717) is 16.7 Å². The number of aryl methyl sites for hydroxylation is 1. The fourth-order valence-electron chi connectivity index (χ4n) is 2.76. The van der Waals surface area contributed by atoms with Crippen LogP contribution in [0.2, 0.25) is 0 Å². The highest BCUT2D eigenvalue weighted by Gasteiger charge is 2.21. The molecule has 0 aliphatic carbocycles. The number of hydrogen-bond donors (Lipinski definition) is 1. The van der Waals surface area contributed by atoms with E-state index in [9.17, 15) is 14.7 Å². The highest BCUT2D eigenvalue weighted by molar-refractivity contribution is 6.03. The molecule has 0 amide bonds. The second-order valence-corrected chi connectivity index (χ2v) is 5.51. The van der Waals surface area contributed by atoms with E-state index in [1.165, 1.54) is 0 Å². The number of benzene rings is 2. The topological polar surface area (TPSA) is 63.6 Å². The van der Waals surface area contributed by atoms with Gasteiger partial charge in [0.2, 0.25) is 0 Å². The SMILES string of the molecule is CCCCc1cccc(C(=O)OCC)c1-c1ccccc1C(=O)O. The van der Waals surface area contributed by atoms with Gasteiger partial charge in [0, 0.05) is 5.56 Å². The molecule has 0 fully saturated rings. The summed E-state index contributed by atoms with van der Waals surface area (Å²) in [4.78, 5) is 24.0. The quantitative estimate of drug-likeness (QED) is 0.757. The summed E-state index contributed by atoms with van der Waals surface area (Å²) in [6.45, 7) is 4.13. The van der Waals surface area contributed by atoms with Gasteiger partial charge in [-0.2, -0.15) is 0 Å². The molecule has 4 heteroatoms. The zero-order chi connectivity index (χ0) is 17.5. The number of carbonyl (C=O) groups is 2. The molecule has 0 aromatic heterocycles. The van der Waals surface area contributed by atoms with Crippen molar-refractivity contribution in [3.63, 3.8) is 0 Å². The Morgan fingerprint density at radius 2 is 1.71 bits per heavy atom. The summed E-state index contributed by atoms with van der Waals surface area (Å²) in [6, 6.07) is 12.2. The molecule has 126 valence electrons. The number of ether oxygens (including phenoxy) is 1. The van der Waals surface area contributed by atoms with Crippen LogP contribution in [0.5, 0.6) is 0 Å². The Kier molecular flexibility index (Phi) is 6.13. The van der Waals surface area contributed by atoms with Crippen molar-refractivity contribution in [1.29, 1.82) is 0 Å². The van der Waals surface area contributed by atoms with E-state index in [1.807, 2.05) is 12.1 Å². The molecule has 0 aliphatic rings. The molecular formula is C20H22O4. The fourth-order valence-corrected chi connectivity index (χ4v) is 2.76. The van der Waals surface area contributed by atoms with Crippen LogP contribution in [-0.2, 0) is 11.2 Å². The molecular weight excluding hydrogens is 304 g/mol. The number of carbonyl (C=O) groups excluding carboxylic acids is 1. The summed E-state index contributed by atoms with van der Waals surface area (Å²) >= 11 is 0. The van der Waals surface area contributed by atoms with Gasteiger partial charge in [-0.1, -0.05) is 43.7 Å². The highest BCUT2D eigenvalue weighted by atomic mass is 16.5. The van der Waals surface area contributed by atoms with E-state index >= 15 is 0 Å². The molecule has 0 saturated carbocycles. The number of rotatable bonds is 7. The first-order valence-corrected chi connectivity index (χ1v) is 8.21. The molecule has 2 aromatic rings. The van der Waals surface area contributed by atoms with Crippen molar-refractivity contribution in [1.82, 2.24) is 0 Å². The molecule has 24 heavy (non-hydrogen) atoms. The van der Waals surface area contributed by atoms with Gasteiger partial charge in [-0.05, 0) is 43.0 Å². The lowest BCUT2D eigenvalue weighted by Gasteiger charge is -2.16. The van der Waals surface area contributed by atoms with Crippen molar-refractivity contribution in [2.24, 2.45) is 0 Å². The molecule has 0 radical (unpaired) electrons. The molecule has 0 bridgehead atoms. The minimum Gasteiger partial charge on any atom is -0.478 e. The zero-order valence-electron chi connectivity index (χ0n) is 14.0. The predicted octanol–water partition coefficient (Wildman–Crippen LogP) is 4.57. The van der Waals surface area contributed by atoms with Gasteiger partial charge in [-0.15, -0.1) is 0 Å².